The predicted octanol–water partition coefficient (Wildman–Crippen LogP) is 3.60. The van der Waals surface area contributed by atoms with Crippen LogP contribution >= 0.6 is 0 Å². The number of alkyl carbamates (subject to hydrolysis) is 1. The van der Waals surface area contributed by atoms with Crippen molar-refractivity contribution in [3.63, 3.8) is 0 Å². The van der Waals surface area contributed by atoms with Gasteiger partial charge in [-0.15, -0.1) is 0 Å². The minimum absolute atomic E-state index is 0.0934. The van der Waals surface area contributed by atoms with Crippen molar-refractivity contribution in [1.82, 2.24) is 14.9 Å². The van der Waals surface area contributed by atoms with Crippen LogP contribution in [0.2, 0.25) is 0 Å². The van der Waals surface area contributed by atoms with Crippen LogP contribution in [0.3, 0.4) is 0 Å². The van der Waals surface area contributed by atoms with Crippen molar-refractivity contribution in [2.45, 2.75) is 71.8 Å². The molecule has 5 rings (SSSR count). The predicted molar refractivity (Wildman–Crippen MR) is 176 cm³/mol. The van der Waals surface area contributed by atoms with E-state index < -0.39 is 23.3 Å². The second-order valence-corrected chi connectivity index (χ2v) is 12.7. The van der Waals surface area contributed by atoms with E-state index in [0.29, 0.717) is 94.0 Å². The van der Waals surface area contributed by atoms with E-state index in [1.807, 2.05) is 39.0 Å². The summed E-state index contributed by atoms with van der Waals surface area (Å²) in [6.07, 6.45) is 0.338. The average molecular weight is 668 g/mol. The number of aliphatic hydroxyl groups is 1. The van der Waals surface area contributed by atoms with E-state index in [-0.39, 0.29) is 18.6 Å². The van der Waals surface area contributed by atoms with Crippen molar-refractivity contribution >= 4 is 23.0 Å². The molecule has 13 nitrogen and oxygen atoms in total. The Morgan fingerprint density at radius 3 is 2.35 bits per heavy atom. The quantitative estimate of drug-likeness (QED) is 0.141. The number of amides is 1. The zero-order valence-corrected chi connectivity index (χ0v) is 28.3. The molecule has 260 valence electrons. The van der Waals surface area contributed by atoms with E-state index >= 15 is 0 Å². The Bertz CT molecular complexity index is 1710. The van der Waals surface area contributed by atoms with Crippen LogP contribution in [0.1, 0.15) is 63.3 Å². The van der Waals surface area contributed by atoms with Crippen molar-refractivity contribution in [3.8, 4) is 17.1 Å². The van der Waals surface area contributed by atoms with E-state index in [1.54, 1.807) is 17.6 Å². The molecule has 1 atom stereocenters. The van der Waals surface area contributed by atoms with Gasteiger partial charge in [0.1, 0.15) is 24.6 Å². The van der Waals surface area contributed by atoms with Crippen LogP contribution in [-0.4, -0.2) is 85.1 Å². The van der Waals surface area contributed by atoms with Crippen molar-refractivity contribution in [2.75, 3.05) is 52.8 Å². The number of cyclic esters (lactones) is 1. The first-order valence-electron chi connectivity index (χ1n) is 16.4. The molecule has 2 aromatic heterocycles. The van der Waals surface area contributed by atoms with Gasteiger partial charge in [-0.1, -0.05) is 13.8 Å². The number of hydrogen-bond donors (Lipinski definition) is 2. The number of ether oxygens (including phenoxy) is 6. The molecular formula is C35H45N3O10. The molecule has 0 bridgehead atoms. The number of esters is 1. The third-order valence-corrected chi connectivity index (χ3v) is 8.29. The SMILES string of the molecule is CCc1c2c(nc3ccc(OCCOCCOCCOCCNC(=O)OC(C)(C)C)cc13)-c1cc3c(c(=O)n1C2)COC(=O)[C@]3(O)CC. The maximum atomic E-state index is 13.5. The van der Waals surface area contributed by atoms with Crippen LogP contribution in [0.15, 0.2) is 29.1 Å². The lowest BCUT2D eigenvalue weighted by Gasteiger charge is -2.31. The van der Waals surface area contributed by atoms with Gasteiger partial charge in [0.2, 0.25) is 0 Å². The van der Waals surface area contributed by atoms with E-state index in [9.17, 15) is 19.5 Å². The van der Waals surface area contributed by atoms with Crippen LogP contribution in [-0.2, 0) is 53.7 Å². The first-order chi connectivity index (χ1) is 23.0. The van der Waals surface area contributed by atoms with E-state index in [0.717, 1.165) is 22.0 Å². The minimum Gasteiger partial charge on any atom is -0.491 e. The lowest BCUT2D eigenvalue weighted by molar-refractivity contribution is -0.172. The number of carbonyl (C=O) groups excluding carboxylic acids is 2. The van der Waals surface area contributed by atoms with Crippen molar-refractivity contribution in [3.05, 3.63) is 56.9 Å². The van der Waals surface area contributed by atoms with Gasteiger partial charge < -0.3 is 43.4 Å². The van der Waals surface area contributed by atoms with Gasteiger partial charge in [0.15, 0.2) is 5.60 Å². The van der Waals surface area contributed by atoms with Crippen LogP contribution < -0.4 is 15.6 Å². The summed E-state index contributed by atoms with van der Waals surface area (Å²) in [7, 11) is 0. The Labute approximate surface area is 279 Å². The number of rotatable bonds is 15. The van der Waals surface area contributed by atoms with Crippen LogP contribution in [0.25, 0.3) is 22.3 Å². The standard InChI is InChI=1S/C35H45N3O10/c1-6-23-24-18-22(46-17-16-45-15-14-44-13-12-43-11-10-36-33(41)48-34(3,4)5)8-9-28(24)37-30-25(23)20-38-29(30)19-27-26(31(38)39)21-47-32(40)35(27,42)7-2/h8-9,18-19,42H,6-7,10-17,20-21H2,1-5H3,(H,36,41)/t35-/m0/s1. The third-order valence-electron chi connectivity index (χ3n) is 8.29. The average Bonchev–Trinajstić information content (AvgIpc) is 3.41. The molecule has 0 radical (unpaired) electrons. The summed E-state index contributed by atoms with van der Waals surface area (Å²) in [4.78, 5) is 42.5. The number of benzene rings is 1. The number of fused-ring (bicyclic) bond motifs is 5. The summed E-state index contributed by atoms with van der Waals surface area (Å²) in [5, 5.41) is 14.7. The first kappa shape index (κ1) is 35.3. The van der Waals surface area contributed by atoms with Gasteiger partial charge >= 0.3 is 12.1 Å². The highest BCUT2D eigenvalue weighted by Gasteiger charge is 2.45. The van der Waals surface area contributed by atoms with Crippen LogP contribution in [0, 0.1) is 0 Å². The first-order valence-corrected chi connectivity index (χ1v) is 16.4. The molecule has 0 saturated heterocycles. The number of nitrogens with zero attached hydrogens (tertiary/aromatic N) is 2. The van der Waals surface area contributed by atoms with Gasteiger partial charge in [0.25, 0.3) is 5.56 Å². The molecule has 0 aliphatic carbocycles. The summed E-state index contributed by atoms with van der Waals surface area (Å²) in [6, 6.07) is 7.45. The summed E-state index contributed by atoms with van der Waals surface area (Å²) >= 11 is 0. The fourth-order valence-electron chi connectivity index (χ4n) is 5.93. The maximum absolute atomic E-state index is 13.5. The van der Waals surface area contributed by atoms with Crippen LogP contribution in [0.5, 0.6) is 5.75 Å². The number of aryl methyl sites for hydroxylation is 1. The Morgan fingerprint density at radius 2 is 1.69 bits per heavy atom. The molecule has 2 N–H and O–H groups in total. The molecular weight excluding hydrogens is 622 g/mol. The maximum Gasteiger partial charge on any atom is 0.407 e. The smallest absolute Gasteiger partial charge is 0.407 e. The summed E-state index contributed by atoms with van der Waals surface area (Å²) < 4.78 is 34.6. The molecule has 1 aromatic carbocycles. The van der Waals surface area contributed by atoms with Crippen molar-refractivity contribution in [2.24, 2.45) is 0 Å². The fourth-order valence-corrected chi connectivity index (χ4v) is 5.93. The molecule has 0 fully saturated rings. The number of pyridine rings is 2. The molecule has 2 aliphatic rings. The summed E-state index contributed by atoms with van der Waals surface area (Å²) in [6.45, 7) is 12.5. The normalized spacial score (nSPS) is 16.7. The highest BCUT2D eigenvalue weighted by molar-refractivity contribution is 5.90. The van der Waals surface area contributed by atoms with E-state index in [2.05, 4.69) is 12.2 Å². The molecule has 4 heterocycles. The molecule has 3 aromatic rings. The zero-order chi connectivity index (χ0) is 34.5. The van der Waals surface area contributed by atoms with Gasteiger partial charge in [0.05, 0.1) is 68.7 Å². The monoisotopic (exact) mass is 667 g/mol. The molecule has 2 aliphatic heterocycles. The molecule has 48 heavy (non-hydrogen) atoms. The molecule has 0 unspecified atom stereocenters. The molecule has 0 spiro atoms. The molecule has 13 heteroatoms. The topological polar surface area (TPSA) is 157 Å². The number of hydrogen-bond acceptors (Lipinski definition) is 11. The van der Waals surface area contributed by atoms with Gasteiger partial charge in [-0.05, 0) is 63.4 Å². The number of aromatic nitrogens is 2. The Balaban J connectivity index is 1.10. The third kappa shape index (κ3) is 7.64. The van der Waals surface area contributed by atoms with Crippen molar-refractivity contribution < 1.29 is 43.1 Å². The second-order valence-electron chi connectivity index (χ2n) is 12.7. The number of nitrogens with one attached hydrogen (secondary N) is 1. The van der Waals surface area contributed by atoms with Gasteiger partial charge in [-0.3, -0.25) is 4.79 Å². The lowest BCUT2D eigenvalue weighted by atomic mass is 9.86. The van der Waals surface area contributed by atoms with E-state index in [1.165, 1.54) is 0 Å². The molecule has 1 amide bonds. The van der Waals surface area contributed by atoms with E-state index in [4.69, 9.17) is 33.4 Å². The molecule has 0 saturated carbocycles. The lowest BCUT2D eigenvalue weighted by Crippen LogP contribution is -2.44. The zero-order valence-electron chi connectivity index (χ0n) is 28.3. The van der Waals surface area contributed by atoms with Gasteiger partial charge in [-0.2, -0.15) is 0 Å². The Morgan fingerprint density at radius 1 is 1.00 bits per heavy atom. The van der Waals surface area contributed by atoms with Crippen LogP contribution in [0.4, 0.5) is 4.79 Å². The Hall–Kier alpha value is -4.04. The van der Waals surface area contributed by atoms with Gasteiger partial charge in [-0.25, -0.2) is 14.6 Å². The van der Waals surface area contributed by atoms with Crippen molar-refractivity contribution in [1.29, 1.82) is 0 Å². The summed E-state index contributed by atoms with van der Waals surface area (Å²) in [5.74, 6) is -0.0549. The largest absolute Gasteiger partial charge is 0.491 e. The summed E-state index contributed by atoms with van der Waals surface area (Å²) in [5.41, 5.74) is 1.98. The second kappa shape index (κ2) is 15.0. The van der Waals surface area contributed by atoms with Gasteiger partial charge in [0, 0.05) is 23.1 Å². The highest BCUT2D eigenvalue weighted by atomic mass is 16.6. The fraction of sp³-hybridized carbons (Fsp3) is 0.543. The minimum atomic E-state index is -1.86. The highest BCUT2D eigenvalue weighted by Crippen LogP contribution is 2.40. The Kier molecular flexibility index (Phi) is 11.0. The number of carbonyl (C=O) groups is 2.